The van der Waals surface area contributed by atoms with E-state index in [1.54, 1.807) is 6.92 Å². The number of esters is 1. The van der Waals surface area contributed by atoms with Crippen LogP contribution in [0.3, 0.4) is 0 Å². The minimum Gasteiger partial charge on any atom is -0.478 e. The van der Waals surface area contributed by atoms with E-state index >= 15 is 0 Å². The molecule has 5 N–H and O–H groups in total. The van der Waals surface area contributed by atoms with Gasteiger partial charge in [-0.25, -0.2) is 9.59 Å². The minimum atomic E-state index is -1.53. The van der Waals surface area contributed by atoms with Crippen LogP contribution < -0.4 is 0 Å². The van der Waals surface area contributed by atoms with Gasteiger partial charge in [0, 0.05) is 11.5 Å². The minimum absolute atomic E-state index is 0.0580. The lowest BCUT2D eigenvalue weighted by atomic mass is 9.58. The van der Waals surface area contributed by atoms with Gasteiger partial charge in [-0.3, -0.25) is 0 Å². The molecule has 0 spiro atoms. The van der Waals surface area contributed by atoms with Crippen molar-refractivity contribution in [3.8, 4) is 0 Å². The molecular weight excluding hydrogens is 368 g/mol. The number of aliphatic hydroxyl groups is 4. The molecule has 1 rings (SSSR count). The first-order valence-electron chi connectivity index (χ1n) is 8.66. The third-order valence-corrected chi connectivity index (χ3v) is 5.34. The van der Waals surface area contributed by atoms with E-state index in [1.807, 2.05) is 0 Å². The maximum atomic E-state index is 12.3. The molecule has 0 aliphatic heterocycles. The second-order valence-electron chi connectivity index (χ2n) is 7.22. The Morgan fingerprint density at radius 3 is 2.29 bits per heavy atom. The Morgan fingerprint density at radius 1 is 1.29 bits per heavy atom. The van der Waals surface area contributed by atoms with E-state index in [0.29, 0.717) is 0 Å². The predicted molar refractivity (Wildman–Crippen MR) is 101 cm³/mol. The van der Waals surface area contributed by atoms with Crippen molar-refractivity contribution in [1.29, 1.82) is 0 Å². The van der Waals surface area contributed by atoms with Gasteiger partial charge in [0.15, 0.2) is 0 Å². The number of aliphatic hydroxyl groups excluding tert-OH is 4. The Balaban J connectivity index is 3.35. The van der Waals surface area contributed by atoms with Gasteiger partial charge in [-0.05, 0) is 17.4 Å². The number of carboxylic acids is 1. The van der Waals surface area contributed by atoms with Crippen molar-refractivity contribution < 1.29 is 39.9 Å². The van der Waals surface area contributed by atoms with Gasteiger partial charge in [0.05, 0.1) is 30.8 Å². The molecule has 1 fully saturated rings. The molecule has 0 bridgehead atoms. The normalized spacial score (nSPS) is 30.8. The van der Waals surface area contributed by atoms with Crippen LogP contribution in [0.15, 0.2) is 49.1 Å². The van der Waals surface area contributed by atoms with E-state index < -0.39 is 66.3 Å². The summed E-state index contributed by atoms with van der Waals surface area (Å²) in [5, 5.41) is 48.4. The average Bonchev–Trinajstić information content (AvgIpc) is 2.65. The molecule has 6 atom stereocenters. The van der Waals surface area contributed by atoms with E-state index in [2.05, 4.69) is 26.3 Å². The Hall–Kier alpha value is -2.26. The Bertz CT molecular complexity index is 682. The van der Waals surface area contributed by atoms with E-state index in [4.69, 9.17) is 9.84 Å². The van der Waals surface area contributed by atoms with Crippen molar-refractivity contribution in [1.82, 2.24) is 0 Å². The van der Waals surface area contributed by atoms with Gasteiger partial charge in [-0.15, -0.1) is 6.58 Å². The first-order valence-corrected chi connectivity index (χ1v) is 8.66. The van der Waals surface area contributed by atoms with Gasteiger partial charge in [0.1, 0.15) is 12.2 Å². The Labute approximate surface area is 163 Å². The molecule has 0 unspecified atom stereocenters. The van der Waals surface area contributed by atoms with E-state index in [-0.39, 0.29) is 17.6 Å². The molecular formula is C20H28O8. The lowest BCUT2D eigenvalue weighted by Crippen LogP contribution is -2.54. The SMILES string of the molecule is C=C[C@@]1(C)C[C@@H](OC(=O)C(=C)[C@@H](O)CO)[C@@H](C(=C)C(=O)O)[C@@H](O)[C@@H]1C(=C)CO. The van der Waals surface area contributed by atoms with Gasteiger partial charge in [-0.2, -0.15) is 0 Å². The molecule has 0 aromatic rings. The summed E-state index contributed by atoms with van der Waals surface area (Å²) in [5.41, 5.74) is -1.38. The highest BCUT2D eigenvalue weighted by Gasteiger charge is 2.53. The smallest absolute Gasteiger partial charge is 0.336 e. The number of ether oxygens (including phenoxy) is 1. The summed E-state index contributed by atoms with van der Waals surface area (Å²) in [6, 6.07) is 0. The van der Waals surface area contributed by atoms with Gasteiger partial charge in [0.25, 0.3) is 0 Å². The number of carbonyl (C=O) groups is 2. The van der Waals surface area contributed by atoms with Gasteiger partial charge in [-0.1, -0.05) is 32.7 Å². The van der Waals surface area contributed by atoms with Crippen molar-refractivity contribution in [2.75, 3.05) is 13.2 Å². The molecule has 0 amide bonds. The molecule has 0 aromatic carbocycles. The molecule has 0 heterocycles. The molecule has 0 aromatic heterocycles. The summed E-state index contributed by atoms with van der Waals surface area (Å²) in [6.07, 6.45) is -2.45. The van der Waals surface area contributed by atoms with Crippen LogP contribution in [0.25, 0.3) is 0 Å². The van der Waals surface area contributed by atoms with Crippen molar-refractivity contribution in [3.05, 3.63) is 49.1 Å². The molecule has 156 valence electrons. The van der Waals surface area contributed by atoms with E-state index in [9.17, 15) is 30.0 Å². The Kier molecular flexibility index (Phi) is 7.89. The average molecular weight is 396 g/mol. The molecule has 0 radical (unpaired) electrons. The van der Waals surface area contributed by atoms with Crippen LogP contribution in [-0.4, -0.2) is 69.0 Å². The van der Waals surface area contributed by atoms with Crippen molar-refractivity contribution >= 4 is 11.9 Å². The predicted octanol–water partition coefficient (Wildman–Crippen LogP) is 0.186. The van der Waals surface area contributed by atoms with Gasteiger partial charge < -0.3 is 30.3 Å². The fraction of sp³-hybridized carbons (Fsp3) is 0.500. The highest BCUT2D eigenvalue weighted by Crippen LogP contribution is 2.50. The van der Waals surface area contributed by atoms with Crippen LogP contribution in [0.2, 0.25) is 0 Å². The first kappa shape index (κ1) is 23.8. The zero-order chi connectivity index (χ0) is 21.8. The fourth-order valence-corrected chi connectivity index (χ4v) is 3.67. The number of rotatable bonds is 9. The maximum Gasteiger partial charge on any atom is 0.336 e. The summed E-state index contributed by atoms with van der Waals surface area (Å²) in [4.78, 5) is 23.8. The van der Waals surface area contributed by atoms with Crippen molar-refractivity contribution in [2.45, 2.75) is 31.7 Å². The van der Waals surface area contributed by atoms with Crippen LogP contribution in [0, 0.1) is 17.3 Å². The summed E-state index contributed by atoms with van der Waals surface area (Å²) in [6.45, 7) is 14.9. The third-order valence-electron chi connectivity index (χ3n) is 5.34. The molecule has 28 heavy (non-hydrogen) atoms. The van der Waals surface area contributed by atoms with Crippen molar-refractivity contribution in [2.24, 2.45) is 17.3 Å². The lowest BCUT2D eigenvalue weighted by Gasteiger charge is -2.50. The van der Waals surface area contributed by atoms with E-state index in [1.165, 1.54) is 6.08 Å². The number of allylic oxidation sites excluding steroid dienone is 1. The number of carbonyl (C=O) groups excluding carboxylic acids is 1. The van der Waals surface area contributed by atoms with Crippen LogP contribution in [0.4, 0.5) is 0 Å². The van der Waals surface area contributed by atoms with Crippen LogP contribution in [0.5, 0.6) is 0 Å². The molecule has 1 saturated carbocycles. The zero-order valence-corrected chi connectivity index (χ0v) is 15.9. The summed E-state index contributed by atoms with van der Waals surface area (Å²) in [5.74, 6) is -4.36. The van der Waals surface area contributed by atoms with Gasteiger partial charge in [0.2, 0.25) is 0 Å². The molecule has 8 heteroatoms. The maximum absolute atomic E-state index is 12.3. The Morgan fingerprint density at radius 2 is 1.86 bits per heavy atom. The summed E-state index contributed by atoms with van der Waals surface area (Å²) < 4.78 is 5.36. The number of carboxylic acid groups (broad SMARTS) is 1. The second-order valence-corrected chi connectivity index (χ2v) is 7.22. The standard InChI is InChI=1S/C20H28O8/c1-6-20(5)7-14(28-19(27)11(3)13(23)9-22)15(12(4)18(25)26)17(24)16(20)10(2)8-21/h6,13-17,21-24H,1-4,7-9H2,5H3,(H,25,26)/t13-,14+,15+,16-,17+,20-/m0/s1. The van der Waals surface area contributed by atoms with E-state index in [0.717, 1.165) is 0 Å². The summed E-state index contributed by atoms with van der Waals surface area (Å²) in [7, 11) is 0. The monoisotopic (exact) mass is 396 g/mol. The zero-order valence-electron chi connectivity index (χ0n) is 15.9. The number of aliphatic carboxylic acids is 1. The first-order chi connectivity index (χ1) is 12.9. The number of hydrogen-bond donors (Lipinski definition) is 5. The highest BCUT2D eigenvalue weighted by molar-refractivity contribution is 5.89. The summed E-state index contributed by atoms with van der Waals surface area (Å²) >= 11 is 0. The topological polar surface area (TPSA) is 145 Å². The molecule has 1 aliphatic carbocycles. The van der Waals surface area contributed by atoms with Crippen molar-refractivity contribution in [3.63, 3.8) is 0 Å². The molecule has 1 aliphatic rings. The van der Waals surface area contributed by atoms with Crippen LogP contribution >= 0.6 is 0 Å². The molecule has 0 saturated heterocycles. The highest BCUT2D eigenvalue weighted by atomic mass is 16.5. The largest absolute Gasteiger partial charge is 0.478 e. The fourth-order valence-electron chi connectivity index (χ4n) is 3.67. The lowest BCUT2D eigenvalue weighted by molar-refractivity contribution is -0.162. The third kappa shape index (κ3) is 4.59. The van der Waals surface area contributed by atoms with Crippen LogP contribution in [-0.2, 0) is 14.3 Å². The second kappa shape index (κ2) is 9.29. The quantitative estimate of drug-likeness (QED) is 0.211. The van der Waals surface area contributed by atoms with Crippen LogP contribution in [0.1, 0.15) is 13.3 Å². The van der Waals surface area contributed by atoms with Gasteiger partial charge >= 0.3 is 11.9 Å². The molecule has 8 nitrogen and oxygen atoms in total. The number of hydrogen-bond acceptors (Lipinski definition) is 7.